The molecule has 1 aromatic heterocycles. The van der Waals surface area contributed by atoms with Crippen molar-refractivity contribution in [3.63, 3.8) is 0 Å². The van der Waals surface area contributed by atoms with Gasteiger partial charge in [0.25, 0.3) is 0 Å². The third kappa shape index (κ3) is 4.24. The van der Waals surface area contributed by atoms with Crippen molar-refractivity contribution in [1.29, 1.82) is 0 Å². The van der Waals surface area contributed by atoms with Crippen LogP contribution in [0.5, 0.6) is 0 Å². The number of allylic oxidation sites excluding steroid dienone is 2. The lowest BCUT2D eigenvalue weighted by atomic mass is 9.34. The van der Waals surface area contributed by atoms with E-state index in [2.05, 4.69) is 58.1 Å². The highest BCUT2D eigenvalue weighted by atomic mass is 16.5. The van der Waals surface area contributed by atoms with Gasteiger partial charge in [-0.3, -0.25) is 9.59 Å². The van der Waals surface area contributed by atoms with Gasteiger partial charge in [0.05, 0.1) is 13.3 Å². The smallest absolute Gasteiger partial charge is 0.305 e. The minimum atomic E-state index is -0.143. The number of ketones is 1. The van der Waals surface area contributed by atoms with Gasteiger partial charge in [0.15, 0.2) is 5.78 Å². The maximum absolute atomic E-state index is 14.6. The zero-order chi connectivity index (χ0) is 29.4. The summed E-state index contributed by atoms with van der Waals surface area (Å²) in [7, 11) is 1.46. The third-order valence-corrected chi connectivity index (χ3v) is 13.6. The molecule has 8 atom stereocenters. The van der Waals surface area contributed by atoms with Gasteiger partial charge >= 0.3 is 5.97 Å². The van der Waals surface area contributed by atoms with Crippen LogP contribution in [0.15, 0.2) is 22.4 Å². The number of rotatable bonds is 6. The second-order valence-corrected chi connectivity index (χ2v) is 16.1. The summed E-state index contributed by atoms with van der Waals surface area (Å²) in [5.74, 6) is 2.54. The fraction of sp³-hybridized carbons (Fsp3) is 0.800. The Morgan fingerprint density at radius 2 is 1.85 bits per heavy atom. The molecule has 0 spiro atoms. The number of methoxy groups -OCH3 is 1. The van der Waals surface area contributed by atoms with E-state index in [0.717, 1.165) is 51.0 Å². The fourth-order valence-electron chi connectivity index (χ4n) is 11.1. The van der Waals surface area contributed by atoms with Gasteiger partial charge in [0.2, 0.25) is 0 Å². The molecule has 1 aromatic rings. The number of fused-ring (bicyclic) bond motifs is 8. The van der Waals surface area contributed by atoms with Gasteiger partial charge < -0.3 is 14.6 Å². The average molecular weight is 565 g/mol. The molecule has 3 saturated carbocycles. The molecule has 1 N–H and O–H groups in total. The molecule has 0 saturated heterocycles. The van der Waals surface area contributed by atoms with Crippen molar-refractivity contribution in [1.82, 2.24) is 10.5 Å². The summed E-state index contributed by atoms with van der Waals surface area (Å²) in [6.07, 6.45) is 14.3. The van der Waals surface area contributed by atoms with Crippen molar-refractivity contribution >= 4 is 11.8 Å². The highest BCUT2D eigenvalue weighted by molar-refractivity contribution is 5.95. The first-order valence-corrected chi connectivity index (χ1v) is 16.3. The third-order valence-electron chi connectivity index (χ3n) is 13.6. The predicted octanol–water partition coefficient (Wildman–Crippen LogP) is 7.04. The van der Waals surface area contributed by atoms with Crippen molar-refractivity contribution < 1.29 is 18.8 Å². The molecule has 5 aliphatic carbocycles. The molecule has 0 amide bonds. The molecule has 1 heterocycles. The summed E-state index contributed by atoms with van der Waals surface area (Å²) in [6, 6.07) is 0. The number of ether oxygens (including phenoxy) is 1. The van der Waals surface area contributed by atoms with Gasteiger partial charge in [0, 0.05) is 30.4 Å². The van der Waals surface area contributed by atoms with Gasteiger partial charge in [-0.15, -0.1) is 0 Å². The normalized spacial score (nSPS) is 42.6. The molecule has 0 unspecified atom stereocenters. The molecule has 3 fully saturated rings. The van der Waals surface area contributed by atoms with Crippen LogP contribution in [-0.2, 0) is 20.7 Å². The van der Waals surface area contributed by atoms with E-state index in [1.54, 1.807) is 0 Å². The first kappa shape index (κ1) is 29.1. The largest absolute Gasteiger partial charge is 0.469 e. The topological polar surface area (TPSA) is 81.4 Å². The number of nitrogens with one attached hydrogen (secondary N) is 1. The summed E-state index contributed by atoms with van der Waals surface area (Å²) in [6.45, 7) is 16.4. The van der Waals surface area contributed by atoms with Gasteiger partial charge in [-0.2, -0.15) is 0 Å². The lowest BCUT2D eigenvalue weighted by Crippen LogP contribution is -2.65. The van der Waals surface area contributed by atoms with E-state index in [-0.39, 0.29) is 39.0 Å². The lowest BCUT2D eigenvalue weighted by Gasteiger charge is -2.69. The first-order chi connectivity index (χ1) is 19.3. The number of carbonyl (C=O) groups excluding carboxylic acids is 2. The second-order valence-electron chi connectivity index (χ2n) is 16.1. The Morgan fingerprint density at radius 3 is 2.61 bits per heavy atom. The van der Waals surface area contributed by atoms with Crippen LogP contribution < -0.4 is 5.32 Å². The van der Waals surface area contributed by atoms with Crippen molar-refractivity contribution in [2.45, 2.75) is 112 Å². The molecule has 226 valence electrons. The van der Waals surface area contributed by atoms with E-state index in [4.69, 9.17) is 9.26 Å². The molecule has 0 radical (unpaired) electrons. The molecule has 0 aliphatic heterocycles. The highest BCUT2D eigenvalue weighted by Crippen LogP contribution is 2.74. The van der Waals surface area contributed by atoms with Gasteiger partial charge in [-0.25, -0.2) is 0 Å². The van der Waals surface area contributed by atoms with Crippen LogP contribution in [-0.4, -0.2) is 37.1 Å². The Balaban J connectivity index is 1.34. The van der Waals surface area contributed by atoms with Crippen LogP contribution >= 0.6 is 0 Å². The van der Waals surface area contributed by atoms with Crippen molar-refractivity contribution in [3.05, 3.63) is 29.2 Å². The van der Waals surface area contributed by atoms with Crippen LogP contribution in [0.2, 0.25) is 0 Å². The maximum atomic E-state index is 14.6. The molecule has 5 aliphatic rings. The van der Waals surface area contributed by atoms with Crippen LogP contribution in [0, 0.1) is 44.8 Å². The summed E-state index contributed by atoms with van der Waals surface area (Å²) in [5.41, 5.74) is 2.95. The average Bonchev–Trinajstić information content (AvgIpc) is 3.38. The number of esters is 1. The molecular formula is C35H52N2O4. The Bertz CT molecular complexity index is 1250. The molecular weight excluding hydrogens is 512 g/mol. The lowest BCUT2D eigenvalue weighted by molar-refractivity contribution is -0.170. The maximum Gasteiger partial charge on any atom is 0.305 e. The monoisotopic (exact) mass is 564 g/mol. The van der Waals surface area contributed by atoms with E-state index in [1.807, 2.05) is 6.20 Å². The Hall–Kier alpha value is -1.95. The summed E-state index contributed by atoms with van der Waals surface area (Å²) in [4.78, 5) is 26.3. The van der Waals surface area contributed by atoms with Crippen LogP contribution in [0.4, 0.5) is 0 Å². The molecule has 41 heavy (non-hydrogen) atoms. The molecule has 6 rings (SSSR count). The van der Waals surface area contributed by atoms with Crippen LogP contribution in [0.3, 0.4) is 0 Å². The Morgan fingerprint density at radius 1 is 1.10 bits per heavy atom. The standard InChI is InChI=1S/C35H52N2O4/c1-22-24-10-11-33(5)27(32(24,4)18-23-20-37-41-30(22)23)17-26(38)29-25-19-31(2,3)12-14-35(25,15-13-34(29,33)6)21-36-16-8-9-28(39)40-7/h17,20,22,24-25,29,36H,8-16,18-19,21H2,1-7H3/t22-,24-,25-,29-,32-,33+,34+,35+/m0/s1. The summed E-state index contributed by atoms with van der Waals surface area (Å²) < 4.78 is 10.6. The van der Waals surface area contributed by atoms with Crippen molar-refractivity contribution in [3.8, 4) is 0 Å². The van der Waals surface area contributed by atoms with E-state index in [9.17, 15) is 9.59 Å². The van der Waals surface area contributed by atoms with Crippen molar-refractivity contribution in [2.24, 2.45) is 44.8 Å². The van der Waals surface area contributed by atoms with E-state index in [0.29, 0.717) is 30.0 Å². The molecule has 6 heteroatoms. The van der Waals surface area contributed by atoms with Crippen molar-refractivity contribution in [2.75, 3.05) is 20.2 Å². The second kappa shape index (κ2) is 9.79. The Kier molecular flexibility index (Phi) is 6.96. The number of carbonyl (C=O) groups is 2. The predicted molar refractivity (Wildman–Crippen MR) is 159 cm³/mol. The number of nitrogens with zero attached hydrogens (tertiary/aromatic N) is 1. The molecule has 0 aromatic carbocycles. The van der Waals surface area contributed by atoms with Gasteiger partial charge in [-0.1, -0.05) is 52.3 Å². The fourth-order valence-corrected chi connectivity index (χ4v) is 11.1. The molecule has 6 nitrogen and oxygen atoms in total. The Labute approximate surface area is 246 Å². The first-order valence-electron chi connectivity index (χ1n) is 16.3. The highest BCUT2D eigenvalue weighted by Gasteiger charge is 2.68. The zero-order valence-corrected chi connectivity index (χ0v) is 26.5. The quantitative estimate of drug-likeness (QED) is 0.295. The van der Waals surface area contributed by atoms with Crippen LogP contribution in [0.25, 0.3) is 0 Å². The van der Waals surface area contributed by atoms with E-state index >= 15 is 0 Å². The number of hydrogen-bond acceptors (Lipinski definition) is 6. The van der Waals surface area contributed by atoms with E-state index < -0.39 is 0 Å². The molecule has 0 bridgehead atoms. The number of hydrogen-bond donors (Lipinski definition) is 1. The van der Waals surface area contributed by atoms with Gasteiger partial charge in [0.1, 0.15) is 5.76 Å². The summed E-state index contributed by atoms with van der Waals surface area (Å²) in [5, 5.41) is 7.93. The minimum absolute atomic E-state index is 0.00685. The summed E-state index contributed by atoms with van der Waals surface area (Å²) >= 11 is 0. The SMILES string of the molecule is COC(=O)CCCNC[C@]12CCC(C)(C)C[C@H]1[C@H]1C(=O)C=C3[C@@]4(C)Cc5cnoc5[C@@H](C)[C@@H]4CC[C@@]3(C)[C@]1(C)CC2. The van der Waals surface area contributed by atoms with Gasteiger partial charge in [-0.05, 0) is 109 Å². The zero-order valence-electron chi connectivity index (χ0n) is 26.5. The van der Waals surface area contributed by atoms with Crippen LogP contribution in [0.1, 0.15) is 117 Å². The minimum Gasteiger partial charge on any atom is -0.469 e. The van der Waals surface area contributed by atoms with E-state index in [1.165, 1.54) is 43.9 Å². The number of aromatic nitrogens is 1.